The van der Waals surface area contributed by atoms with E-state index in [4.69, 9.17) is 9.84 Å². The number of hydrogen-bond donors (Lipinski definition) is 1. The van der Waals surface area contributed by atoms with Crippen molar-refractivity contribution in [1.82, 2.24) is 19.4 Å². The van der Waals surface area contributed by atoms with Crippen LogP contribution in [-0.2, 0) is 23.1 Å². The summed E-state index contributed by atoms with van der Waals surface area (Å²) in [5.74, 6) is -0.331. The lowest BCUT2D eigenvalue weighted by Gasteiger charge is -2.26. The average Bonchev–Trinajstić information content (AvgIpc) is 2.78. The monoisotopic (exact) mass is 284 g/mol. The number of urea groups is 1. The Morgan fingerprint density at radius 3 is 2.70 bits per heavy atom. The van der Waals surface area contributed by atoms with Gasteiger partial charge in [0.05, 0.1) is 13.2 Å². The minimum Gasteiger partial charge on any atom is -0.480 e. The van der Waals surface area contributed by atoms with E-state index in [0.29, 0.717) is 6.54 Å². The van der Waals surface area contributed by atoms with E-state index in [1.54, 1.807) is 24.0 Å². The Morgan fingerprint density at radius 2 is 2.20 bits per heavy atom. The van der Waals surface area contributed by atoms with E-state index in [-0.39, 0.29) is 25.7 Å². The molecule has 0 fully saturated rings. The second-order valence-electron chi connectivity index (χ2n) is 4.40. The maximum absolute atomic E-state index is 12.2. The van der Waals surface area contributed by atoms with Crippen LogP contribution in [0.3, 0.4) is 0 Å². The fourth-order valence-corrected chi connectivity index (χ4v) is 1.68. The quantitative estimate of drug-likeness (QED) is 0.761. The number of aromatic nitrogens is 2. The van der Waals surface area contributed by atoms with Gasteiger partial charge in [-0.05, 0) is 0 Å². The van der Waals surface area contributed by atoms with Crippen molar-refractivity contribution in [3.05, 3.63) is 18.2 Å². The topological polar surface area (TPSA) is 87.9 Å². The first-order valence-corrected chi connectivity index (χ1v) is 6.12. The number of carboxylic acids is 1. The minimum absolute atomic E-state index is 0.229. The summed E-state index contributed by atoms with van der Waals surface area (Å²) < 4.78 is 6.69. The SMILES string of the molecule is COCCN(CC(=O)O)C(=O)N(C)Cc1nccn1C. The van der Waals surface area contributed by atoms with Crippen molar-refractivity contribution < 1.29 is 19.4 Å². The number of methoxy groups -OCH3 is 1. The number of ether oxygens (including phenoxy) is 1. The smallest absolute Gasteiger partial charge is 0.323 e. The molecular weight excluding hydrogens is 264 g/mol. The molecule has 8 nitrogen and oxygen atoms in total. The Bertz CT molecular complexity index is 460. The third-order valence-corrected chi connectivity index (χ3v) is 2.79. The summed E-state index contributed by atoms with van der Waals surface area (Å²) in [5.41, 5.74) is 0. The molecule has 0 aliphatic rings. The van der Waals surface area contributed by atoms with Gasteiger partial charge in [0.25, 0.3) is 0 Å². The Balaban J connectivity index is 2.67. The molecule has 20 heavy (non-hydrogen) atoms. The van der Waals surface area contributed by atoms with Crippen LogP contribution in [0.15, 0.2) is 12.4 Å². The molecule has 1 aromatic rings. The Labute approximate surface area is 117 Å². The zero-order chi connectivity index (χ0) is 15.1. The first-order chi connectivity index (χ1) is 9.45. The number of imidazole rings is 1. The highest BCUT2D eigenvalue weighted by molar-refractivity contribution is 5.80. The summed E-state index contributed by atoms with van der Waals surface area (Å²) in [6.07, 6.45) is 3.43. The number of aryl methyl sites for hydroxylation is 1. The molecule has 1 rings (SSSR count). The Kier molecular flexibility index (Phi) is 5.98. The molecule has 0 spiro atoms. The molecule has 8 heteroatoms. The van der Waals surface area contributed by atoms with E-state index in [1.807, 2.05) is 7.05 Å². The first kappa shape index (κ1) is 16.0. The van der Waals surface area contributed by atoms with Crippen LogP contribution in [0, 0.1) is 0 Å². The second-order valence-corrected chi connectivity index (χ2v) is 4.40. The summed E-state index contributed by atoms with van der Waals surface area (Å²) >= 11 is 0. The van der Waals surface area contributed by atoms with Crippen molar-refractivity contribution >= 4 is 12.0 Å². The average molecular weight is 284 g/mol. The lowest BCUT2D eigenvalue weighted by atomic mass is 10.4. The minimum atomic E-state index is -1.06. The molecule has 0 radical (unpaired) electrons. The van der Waals surface area contributed by atoms with E-state index in [2.05, 4.69) is 4.98 Å². The highest BCUT2D eigenvalue weighted by atomic mass is 16.5. The third-order valence-electron chi connectivity index (χ3n) is 2.79. The van der Waals surface area contributed by atoms with Crippen LogP contribution in [0.4, 0.5) is 4.79 Å². The largest absolute Gasteiger partial charge is 0.480 e. The van der Waals surface area contributed by atoms with Crippen LogP contribution < -0.4 is 0 Å². The molecule has 2 amide bonds. The van der Waals surface area contributed by atoms with Gasteiger partial charge in [-0.3, -0.25) is 4.79 Å². The summed E-state index contributed by atoms with van der Waals surface area (Å²) in [6.45, 7) is 0.473. The fourth-order valence-electron chi connectivity index (χ4n) is 1.68. The van der Waals surface area contributed by atoms with E-state index < -0.39 is 5.97 Å². The van der Waals surface area contributed by atoms with Crippen LogP contribution in [-0.4, -0.2) is 70.3 Å². The van der Waals surface area contributed by atoms with Crippen molar-refractivity contribution in [2.24, 2.45) is 7.05 Å². The molecule has 1 heterocycles. The van der Waals surface area contributed by atoms with Gasteiger partial charge in [-0.25, -0.2) is 9.78 Å². The van der Waals surface area contributed by atoms with Gasteiger partial charge in [-0.15, -0.1) is 0 Å². The van der Waals surface area contributed by atoms with E-state index in [9.17, 15) is 9.59 Å². The highest BCUT2D eigenvalue weighted by Crippen LogP contribution is 2.04. The van der Waals surface area contributed by atoms with Crippen molar-refractivity contribution in [1.29, 1.82) is 0 Å². The third kappa shape index (κ3) is 4.54. The summed E-state index contributed by atoms with van der Waals surface area (Å²) in [4.78, 5) is 29.8. The number of aliphatic carboxylic acids is 1. The first-order valence-electron chi connectivity index (χ1n) is 6.12. The molecule has 1 aromatic heterocycles. The van der Waals surface area contributed by atoms with Gasteiger partial charge >= 0.3 is 12.0 Å². The van der Waals surface area contributed by atoms with Gasteiger partial charge in [0, 0.05) is 40.1 Å². The Hall–Kier alpha value is -2.09. The van der Waals surface area contributed by atoms with Gasteiger partial charge in [0.2, 0.25) is 0 Å². The predicted molar refractivity (Wildman–Crippen MR) is 71.2 cm³/mol. The van der Waals surface area contributed by atoms with Gasteiger partial charge in [0.15, 0.2) is 0 Å². The van der Waals surface area contributed by atoms with Crippen LogP contribution >= 0.6 is 0 Å². The maximum atomic E-state index is 12.2. The molecule has 0 unspecified atom stereocenters. The van der Waals surface area contributed by atoms with Crippen molar-refractivity contribution in [2.75, 3.05) is 33.9 Å². The standard InChI is InChI=1S/C12H20N4O4/c1-14-5-4-13-10(14)8-15(2)12(19)16(6-7-20-3)9-11(17)18/h4-5H,6-9H2,1-3H3,(H,17,18). The maximum Gasteiger partial charge on any atom is 0.323 e. The molecule has 0 aliphatic heterocycles. The second kappa shape index (κ2) is 7.49. The number of nitrogens with zero attached hydrogens (tertiary/aromatic N) is 4. The van der Waals surface area contributed by atoms with E-state index in [1.165, 1.54) is 16.9 Å². The number of amides is 2. The molecule has 0 aromatic carbocycles. The normalized spacial score (nSPS) is 10.3. The fraction of sp³-hybridized carbons (Fsp3) is 0.583. The molecule has 0 saturated carbocycles. The number of carbonyl (C=O) groups excluding carboxylic acids is 1. The number of rotatable bonds is 7. The summed E-state index contributed by atoms with van der Waals surface area (Å²) in [6, 6.07) is -0.368. The van der Waals surface area contributed by atoms with Crippen molar-refractivity contribution in [3.8, 4) is 0 Å². The molecule has 0 bridgehead atoms. The van der Waals surface area contributed by atoms with Gasteiger partial charge in [-0.2, -0.15) is 0 Å². The highest BCUT2D eigenvalue weighted by Gasteiger charge is 2.21. The molecule has 0 aliphatic carbocycles. The van der Waals surface area contributed by atoms with E-state index in [0.717, 1.165) is 5.82 Å². The lowest BCUT2D eigenvalue weighted by molar-refractivity contribution is -0.137. The van der Waals surface area contributed by atoms with Crippen LogP contribution in [0.5, 0.6) is 0 Å². The number of hydrogen-bond acceptors (Lipinski definition) is 4. The Morgan fingerprint density at radius 1 is 1.50 bits per heavy atom. The molecular formula is C12H20N4O4. The lowest BCUT2D eigenvalue weighted by Crippen LogP contribution is -2.45. The van der Waals surface area contributed by atoms with Gasteiger partial charge in [0.1, 0.15) is 12.4 Å². The number of carbonyl (C=O) groups is 2. The summed E-state index contributed by atoms with van der Waals surface area (Å²) in [5, 5.41) is 8.85. The van der Waals surface area contributed by atoms with E-state index >= 15 is 0 Å². The van der Waals surface area contributed by atoms with Gasteiger partial charge in [-0.1, -0.05) is 0 Å². The zero-order valence-electron chi connectivity index (χ0n) is 11.9. The van der Waals surface area contributed by atoms with Crippen LogP contribution in [0.1, 0.15) is 5.82 Å². The summed E-state index contributed by atoms with van der Waals surface area (Å²) in [7, 11) is 4.94. The molecule has 0 saturated heterocycles. The zero-order valence-corrected chi connectivity index (χ0v) is 11.9. The molecule has 1 N–H and O–H groups in total. The van der Waals surface area contributed by atoms with Crippen LogP contribution in [0.25, 0.3) is 0 Å². The van der Waals surface area contributed by atoms with Crippen molar-refractivity contribution in [2.45, 2.75) is 6.54 Å². The molecule has 112 valence electrons. The van der Waals surface area contributed by atoms with Gasteiger partial charge < -0.3 is 24.2 Å². The molecule has 0 atom stereocenters. The number of carboxylic acid groups (broad SMARTS) is 1. The van der Waals surface area contributed by atoms with Crippen molar-refractivity contribution in [3.63, 3.8) is 0 Å². The predicted octanol–water partition coefficient (Wildman–Crippen LogP) is 0.00490. The van der Waals surface area contributed by atoms with Crippen LogP contribution in [0.2, 0.25) is 0 Å².